The standard InChI is InChI=1S/C27H49N2O8P/c1-4-6-7-8-9-10-11-12-13-14-15-16-17-18-21-35-25-24(37-38(32,33)34-3)22(5-2)36-26(25)29-20-19-23(30)28-27(29)31/h19-20,22,24-26H,4-18,21H2,1-3H3,(H,32,33)(H,28,30,31)/p-1/t22-,24?,25+,26-/m1/s1. The molecule has 1 aromatic heterocycles. The molecule has 1 saturated heterocycles. The van der Waals surface area contributed by atoms with E-state index in [1.165, 1.54) is 87.5 Å². The SMILES string of the molecule is CCCCCCCCCCCCCCCCO[C@H]1C(OP(=O)([O-])OC)[C@@H](CC)O[C@H]1n1ccc(=O)[nH]c1=O. The van der Waals surface area contributed by atoms with Gasteiger partial charge in [0.1, 0.15) is 12.2 Å². The first kappa shape index (κ1) is 32.9. The van der Waals surface area contributed by atoms with Crippen LogP contribution in [0.15, 0.2) is 21.9 Å². The van der Waals surface area contributed by atoms with Crippen molar-refractivity contribution in [2.75, 3.05) is 13.7 Å². The monoisotopic (exact) mass is 559 g/mol. The number of hydrogen-bond acceptors (Lipinski definition) is 8. The van der Waals surface area contributed by atoms with Gasteiger partial charge in [0, 0.05) is 26.0 Å². The quantitative estimate of drug-likeness (QED) is 0.160. The summed E-state index contributed by atoms with van der Waals surface area (Å²) in [5.41, 5.74) is -1.20. The van der Waals surface area contributed by atoms with Crippen molar-refractivity contribution in [1.82, 2.24) is 9.55 Å². The molecule has 5 atom stereocenters. The second kappa shape index (κ2) is 18.1. The topological polar surface area (TPSA) is 132 Å². The van der Waals surface area contributed by atoms with Gasteiger partial charge < -0.3 is 23.4 Å². The lowest BCUT2D eigenvalue weighted by Gasteiger charge is -2.30. The maximum absolute atomic E-state index is 12.4. The molecule has 38 heavy (non-hydrogen) atoms. The van der Waals surface area contributed by atoms with Crippen molar-refractivity contribution in [3.63, 3.8) is 0 Å². The molecule has 1 fully saturated rings. The summed E-state index contributed by atoms with van der Waals surface area (Å²) in [7, 11) is -3.55. The Bertz CT molecular complexity index is 936. The Hall–Kier alpha value is -1.29. The zero-order chi connectivity index (χ0) is 27.8. The Morgan fingerprint density at radius 3 is 1.97 bits per heavy atom. The number of hydrogen-bond donors (Lipinski definition) is 1. The zero-order valence-corrected chi connectivity index (χ0v) is 24.3. The summed E-state index contributed by atoms with van der Waals surface area (Å²) in [5, 5.41) is 0. The number of ether oxygens (including phenoxy) is 2. The third kappa shape index (κ3) is 11.4. The van der Waals surface area contributed by atoms with Gasteiger partial charge in [-0.25, -0.2) is 4.79 Å². The Balaban J connectivity index is 1.78. The van der Waals surface area contributed by atoms with Gasteiger partial charge in [-0.05, 0) is 12.8 Å². The molecule has 10 nitrogen and oxygen atoms in total. The van der Waals surface area contributed by atoms with E-state index in [0.29, 0.717) is 13.0 Å². The first-order valence-electron chi connectivity index (χ1n) is 14.5. The van der Waals surface area contributed by atoms with E-state index >= 15 is 0 Å². The van der Waals surface area contributed by atoms with Crippen LogP contribution in [-0.2, 0) is 23.1 Å². The molecule has 0 amide bonds. The van der Waals surface area contributed by atoms with E-state index in [-0.39, 0.29) is 0 Å². The van der Waals surface area contributed by atoms with E-state index in [0.717, 1.165) is 26.4 Å². The predicted molar refractivity (Wildman–Crippen MR) is 145 cm³/mol. The number of phosphoric acid groups is 1. The predicted octanol–water partition coefficient (Wildman–Crippen LogP) is 5.21. The molecule has 1 N–H and O–H groups in total. The second-order valence-corrected chi connectivity index (χ2v) is 11.6. The molecular formula is C27H48N2O8P-. The highest BCUT2D eigenvalue weighted by molar-refractivity contribution is 7.45. The van der Waals surface area contributed by atoms with Crippen LogP contribution < -0.4 is 16.1 Å². The molecule has 0 aliphatic carbocycles. The number of aromatic amines is 1. The van der Waals surface area contributed by atoms with Crippen LogP contribution in [-0.4, -0.2) is 41.6 Å². The number of unbranched alkanes of at least 4 members (excludes halogenated alkanes) is 13. The van der Waals surface area contributed by atoms with Crippen molar-refractivity contribution < 1.29 is 28.0 Å². The smallest absolute Gasteiger partial charge is 0.330 e. The third-order valence-electron chi connectivity index (χ3n) is 7.10. The van der Waals surface area contributed by atoms with E-state index in [1.807, 2.05) is 6.92 Å². The highest BCUT2D eigenvalue weighted by Gasteiger charge is 2.48. The molecule has 11 heteroatoms. The maximum atomic E-state index is 12.4. The van der Waals surface area contributed by atoms with Crippen LogP contribution in [0, 0.1) is 0 Å². The summed E-state index contributed by atoms with van der Waals surface area (Å²) in [6.45, 7) is 4.44. The van der Waals surface area contributed by atoms with Crippen LogP contribution in [0.25, 0.3) is 0 Å². The van der Waals surface area contributed by atoms with Crippen LogP contribution in [0.4, 0.5) is 0 Å². The minimum atomic E-state index is -4.58. The molecular weight excluding hydrogens is 511 g/mol. The average molecular weight is 560 g/mol. The summed E-state index contributed by atoms with van der Waals surface area (Å²) < 4.78 is 35.1. The molecule has 0 saturated carbocycles. The highest BCUT2D eigenvalue weighted by atomic mass is 31.2. The van der Waals surface area contributed by atoms with Crippen molar-refractivity contribution in [2.45, 2.75) is 135 Å². The van der Waals surface area contributed by atoms with Crippen molar-refractivity contribution in [3.8, 4) is 0 Å². The van der Waals surface area contributed by atoms with Gasteiger partial charge in [0.05, 0.1) is 6.10 Å². The van der Waals surface area contributed by atoms with Crippen LogP contribution in [0.5, 0.6) is 0 Å². The summed E-state index contributed by atoms with van der Waals surface area (Å²) in [6, 6.07) is 1.21. The van der Waals surface area contributed by atoms with Gasteiger partial charge in [-0.15, -0.1) is 0 Å². The molecule has 2 rings (SSSR count). The number of phosphoric ester groups is 1. The Morgan fingerprint density at radius 1 is 0.921 bits per heavy atom. The Kier molecular flexibility index (Phi) is 15.7. The van der Waals surface area contributed by atoms with E-state index in [1.54, 1.807) is 0 Å². The fourth-order valence-electron chi connectivity index (χ4n) is 4.90. The van der Waals surface area contributed by atoms with Gasteiger partial charge in [0.15, 0.2) is 6.23 Å². The number of aromatic nitrogens is 2. The Morgan fingerprint density at radius 2 is 1.47 bits per heavy atom. The molecule has 1 aliphatic heterocycles. The number of rotatable bonds is 21. The van der Waals surface area contributed by atoms with Crippen molar-refractivity contribution in [2.24, 2.45) is 0 Å². The number of nitrogens with one attached hydrogen (secondary N) is 1. The highest BCUT2D eigenvalue weighted by Crippen LogP contribution is 2.45. The van der Waals surface area contributed by atoms with Crippen molar-refractivity contribution in [1.29, 1.82) is 0 Å². The third-order valence-corrected chi connectivity index (χ3v) is 8.04. The molecule has 1 aliphatic rings. The minimum absolute atomic E-state index is 0.368. The lowest BCUT2D eigenvalue weighted by molar-refractivity contribution is -0.231. The molecule has 0 spiro atoms. The van der Waals surface area contributed by atoms with Gasteiger partial charge in [-0.1, -0.05) is 97.3 Å². The maximum Gasteiger partial charge on any atom is 0.330 e. The summed E-state index contributed by atoms with van der Waals surface area (Å²) in [6.07, 6.45) is 15.7. The lowest BCUT2D eigenvalue weighted by Crippen LogP contribution is -2.40. The van der Waals surface area contributed by atoms with Crippen molar-refractivity contribution >= 4 is 7.82 Å². The van der Waals surface area contributed by atoms with E-state index in [4.69, 9.17) is 14.0 Å². The van der Waals surface area contributed by atoms with Gasteiger partial charge in [-0.3, -0.25) is 18.9 Å². The van der Waals surface area contributed by atoms with Crippen LogP contribution >= 0.6 is 7.82 Å². The van der Waals surface area contributed by atoms with Crippen LogP contribution in [0.1, 0.15) is 116 Å². The summed E-state index contributed by atoms with van der Waals surface area (Å²) in [4.78, 5) is 38.2. The van der Waals surface area contributed by atoms with Gasteiger partial charge >= 0.3 is 5.69 Å². The van der Waals surface area contributed by atoms with Crippen molar-refractivity contribution in [3.05, 3.63) is 33.1 Å². The van der Waals surface area contributed by atoms with E-state index in [9.17, 15) is 19.0 Å². The zero-order valence-electron chi connectivity index (χ0n) is 23.4. The molecule has 0 radical (unpaired) electrons. The fourth-order valence-corrected chi connectivity index (χ4v) is 5.54. The Labute approximate surface area is 227 Å². The van der Waals surface area contributed by atoms with E-state index < -0.39 is 43.6 Å². The molecule has 2 heterocycles. The van der Waals surface area contributed by atoms with Gasteiger partial charge in [-0.2, -0.15) is 0 Å². The summed E-state index contributed by atoms with van der Waals surface area (Å²) >= 11 is 0. The minimum Gasteiger partial charge on any atom is -0.756 e. The molecule has 2 unspecified atom stereocenters. The van der Waals surface area contributed by atoms with Crippen LogP contribution in [0.2, 0.25) is 0 Å². The second-order valence-electron chi connectivity index (χ2n) is 10.1. The largest absolute Gasteiger partial charge is 0.756 e. The first-order chi connectivity index (χ1) is 18.3. The number of nitrogens with zero attached hydrogens (tertiary/aromatic N) is 1. The average Bonchev–Trinajstić information content (AvgIpc) is 3.22. The molecule has 220 valence electrons. The number of H-pyrrole nitrogens is 1. The van der Waals surface area contributed by atoms with E-state index in [2.05, 4.69) is 16.4 Å². The normalized spacial score (nSPS) is 23.1. The molecule has 1 aromatic rings. The molecule has 0 aromatic carbocycles. The fraction of sp³-hybridized carbons (Fsp3) is 0.852. The van der Waals surface area contributed by atoms with Gasteiger partial charge in [0.2, 0.25) is 0 Å². The lowest BCUT2D eigenvalue weighted by atomic mass is 10.0. The summed E-state index contributed by atoms with van der Waals surface area (Å²) in [5.74, 6) is 0. The molecule has 0 bridgehead atoms. The first-order valence-corrected chi connectivity index (χ1v) is 15.9. The van der Waals surface area contributed by atoms with Gasteiger partial charge in [0.25, 0.3) is 13.4 Å². The van der Waals surface area contributed by atoms with Crippen LogP contribution in [0.3, 0.4) is 0 Å².